The van der Waals surface area contributed by atoms with Crippen LogP contribution in [0.5, 0.6) is 17.2 Å². The van der Waals surface area contributed by atoms with Crippen LogP contribution in [-0.4, -0.2) is 44.2 Å². The molecule has 5 heteroatoms. The van der Waals surface area contributed by atoms with Gasteiger partial charge in [0, 0.05) is 13.1 Å². The molecule has 1 heterocycles. The van der Waals surface area contributed by atoms with Gasteiger partial charge in [0.15, 0.2) is 18.1 Å². The highest BCUT2D eigenvalue weighted by atomic mass is 16.5. The van der Waals surface area contributed by atoms with Crippen molar-refractivity contribution >= 4 is 5.91 Å². The molecule has 27 heavy (non-hydrogen) atoms. The predicted molar refractivity (Wildman–Crippen MR) is 104 cm³/mol. The number of aryl methyl sites for hydroxylation is 1. The summed E-state index contributed by atoms with van der Waals surface area (Å²) in [7, 11) is 1.60. The van der Waals surface area contributed by atoms with E-state index < -0.39 is 0 Å². The molecule has 0 aromatic heterocycles. The molecule has 2 aromatic carbocycles. The quantitative estimate of drug-likeness (QED) is 0.747. The molecule has 3 rings (SSSR count). The number of methoxy groups -OCH3 is 1. The van der Waals surface area contributed by atoms with Crippen LogP contribution in [0.3, 0.4) is 0 Å². The number of likely N-dealkylation sites (tertiary alicyclic amines) is 1. The minimum atomic E-state index is 0.0139. The number of benzene rings is 2. The Hall–Kier alpha value is -2.69. The number of amides is 1. The lowest BCUT2D eigenvalue weighted by Crippen LogP contribution is -2.42. The molecule has 1 saturated heterocycles. The normalized spacial score (nSPS) is 14.7. The van der Waals surface area contributed by atoms with Gasteiger partial charge in [-0.2, -0.15) is 0 Å². The number of carbonyl (C=O) groups is 1. The second-order valence-electron chi connectivity index (χ2n) is 6.89. The first-order valence-corrected chi connectivity index (χ1v) is 9.39. The molecule has 0 aliphatic carbocycles. The van der Waals surface area contributed by atoms with Gasteiger partial charge in [-0.1, -0.05) is 24.3 Å². The van der Waals surface area contributed by atoms with E-state index in [-0.39, 0.29) is 12.5 Å². The fraction of sp³-hybridized carbons (Fsp3) is 0.409. The van der Waals surface area contributed by atoms with Crippen LogP contribution >= 0.6 is 0 Å². The summed E-state index contributed by atoms with van der Waals surface area (Å²) in [6.07, 6.45) is 1.90. The average molecular weight is 369 g/mol. The molecule has 0 spiro atoms. The zero-order valence-electron chi connectivity index (χ0n) is 16.0. The summed E-state index contributed by atoms with van der Waals surface area (Å²) < 4.78 is 16.8. The first-order chi connectivity index (χ1) is 13.2. The third-order valence-corrected chi connectivity index (χ3v) is 4.87. The molecular formula is C22H27NO4. The second kappa shape index (κ2) is 9.31. The van der Waals surface area contributed by atoms with Gasteiger partial charge in [-0.25, -0.2) is 0 Å². The van der Waals surface area contributed by atoms with E-state index in [1.807, 2.05) is 60.4 Å². The van der Waals surface area contributed by atoms with Crippen molar-refractivity contribution in [1.29, 1.82) is 0 Å². The van der Waals surface area contributed by atoms with Crippen LogP contribution in [-0.2, 0) is 4.79 Å². The summed E-state index contributed by atoms with van der Waals surface area (Å²) in [5.41, 5.74) is 1.09. The van der Waals surface area contributed by atoms with Crippen LogP contribution in [0, 0.1) is 12.8 Å². The van der Waals surface area contributed by atoms with Crippen molar-refractivity contribution in [2.24, 2.45) is 5.92 Å². The second-order valence-corrected chi connectivity index (χ2v) is 6.89. The Kier molecular flexibility index (Phi) is 6.58. The van der Waals surface area contributed by atoms with Crippen molar-refractivity contribution in [1.82, 2.24) is 4.90 Å². The molecule has 0 unspecified atom stereocenters. The van der Waals surface area contributed by atoms with Crippen LogP contribution < -0.4 is 14.2 Å². The molecule has 1 amide bonds. The molecule has 144 valence electrons. The fourth-order valence-electron chi connectivity index (χ4n) is 3.20. The van der Waals surface area contributed by atoms with E-state index in [4.69, 9.17) is 14.2 Å². The predicted octanol–water partition coefficient (Wildman–Crippen LogP) is 3.70. The molecule has 1 aliphatic heterocycles. The molecule has 2 aromatic rings. The number of nitrogens with zero attached hydrogens (tertiary/aromatic N) is 1. The van der Waals surface area contributed by atoms with Crippen molar-refractivity contribution < 1.29 is 19.0 Å². The Morgan fingerprint density at radius 3 is 2.48 bits per heavy atom. The first-order valence-electron chi connectivity index (χ1n) is 9.39. The summed E-state index contributed by atoms with van der Waals surface area (Å²) >= 11 is 0. The maximum absolute atomic E-state index is 12.5. The lowest BCUT2D eigenvalue weighted by atomic mass is 9.98. The van der Waals surface area contributed by atoms with E-state index in [0.717, 1.165) is 37.2 Å². The summed E-state index contributed by atoms with van der Waals surface area (Å²) in [4.78, 5) is 14.3. The van der Waals surface area contributed by atoms with Crippen molar-refractivity contribution in [2.45, 2.75) is 19.8 Å². The van der Waals surface area contributed by atoms with Crippen LogP contribution in [0.4, 0.5) is 0 Å². The van der Waals surface area contributed by atoms with Gasteiger partial charge in [0.05, 0.1) is 13.7 Å². The largest absolute Gasteiger partial charge is 0.493 e. The molecule has 0 N–H and O–H groups in total. The van der Waals surface area contributed by atoms with E-state index in [1.54, 1.807) is 7.11 Å². The maximum Gasteiger partial charge on any atom is 0.260 e. The topological polar surface area (TPSA) is 48.0 Å². The van der Waals surface area contributed by atoms with Gasteiger partial charge in [0.1, 0.15) is 5.75 Å². The van der Waals surface area contributed by atoms with Gasteiger partial charge in [-0.3, -0.25) is 4.79 Å². The smallest absolute Gasteiger partial charge is 0.260 e. The fourth-order valence-corrected chi connectivity index (χ4v) is 3.20. The molecule has 1 aliphatic rings. The Labute approximate surface area is 160 Å². The van der Waals surface area contributed by atoms with Crippen molar-refractivity contribution in [3.63, 3.8) is 0 Å². The Morgan fingerprint density at radius 1 is 1.04 bits per heavy atom. The van der Waals surface area contributed by atoms with Gasteiger partial charge in [0.2, 0.25) is 0 Å². The van der Waals surface area contributed by atoms with E-state index in [1.165, 1.54) is 0 Å². The van der Waals surface area contributed by atoms with Crippen molar-refractivity contribution in [3.8, 4) is 17.2 Å². The summed E-state index contributed by atoms with van der Waals surface area (Å²) in [5.74, 6) is 2.64. The minimum Gasteiger partial charge on any atom is -0.493 e. The standard InChI is InChI=1S/C22H27NO4/c1-17-8-9-20(21(14-17)25-2)27-16-22(24)23-12-10-18(11-13-23)15-26-19-6-4-3-5-7-19/h3-9,14,18H,10-13,15-16H2,1-2H3. The van der Waals surface area contributed by atoms with E-state index >= 15 is 0 Å². The van der Waals surface area contributed by atoms with Crippen LogP contribution in [0.25, 0.3) is 0 Å². The molecule has 5 nitrogen and oxygen atoms in total. The lowest BCUT2D eigenvalue weighted by Gasteiger charge is -2.31. The number of rotatable bonds is 7. The van der Waals surface area contributed by atoms with Crippen LogP contribution in [0.15, 0.2) is 48.5 Å². The number of para-hydroxylation sites is 1. The molecule has 1 fully saturated rings. The van der Waals surface area contributed by atoms with E-state index in [2.05, 4.69) is 0 Å². The van der Waals surface area contributed by atoms with Crippen LogP contribution in [0.2, 0.25) is 0 Å². The highest BCUT2D eigenvalue weighted by Crippen LogP contribution is 2.28. The van der Waals surface area contributed by atoms with Crippen molar-refractivity contribution in [3.05, 3.63) is 54.1 Å². The maximum atomic E-state index is 12.5. The molecule has 0 bridgehead atoms. The number of hydrogen-bond acceptors (Lipinski definition) is 4. The average Bonchev–Trinajstić information content (AvgIpc) is 2.72. The van der Waals surface area contributed by atoms with Gasteiger partial charge >= 0.3 is 0 Å². The highest BCUT2D eigenvalue weighted by Gasteiger charge is 2.23. The summed E-state index contributed by atoms with van der Waals surface area (Å²) in [6.45, 7) is 4.21. The van der Waals surface area contributed by atoms with Crippen LogP contribution in [0.1, 0.15) is 18.4 Å². The Morgan fingerprint density at radius 2 is 1.78 bits per heavy atom. The molecule has 0 radical (unpaired) electrons. The minimum absolute atomic E-state index is 0.0139. The third-order valence-electron chi connectivity index (χ3n) is 4.87. The van der Waals surface area contributed by atoms with Gasteiger partial charge in [0.25, 0.3) is 5.91 Å². The zero-order chi connectivity index (χ0) is 19.1. The molecular weight excluding hydrogens is 342 g/mol. The van der Waals surface area contributed by atoms with Crippen molar-refractivity contribution in [2.75, 3.05) is 33.4 Å². The lowest BCUT2D eigenvalue weighted by molar-refractivity contribution is -0.134. The van der Waals surface area contributed by atoms with Gasteiger partial charge in [-0.15, -0.1) is 0 Å². The highest BCUT2D eigenvalue weighted by molar-refractivity contribution is 5.78. The molecule has 0 atom stereocenters. The Balaban J connectivity index is 1.42. The summed E-state index contributed by atoms with van der Waals surface area (Å²) in [5, 5.41) is 0. The zero-order valence-corrected chi connectivity index (χ0v) is 16.0. The summed E-state index contributed by atoms with van der Waals surface area (Å²) in [6, 6.07) is 15.5. The monoisotopic (exact) mass is 369 g/mol. The van der Waals surface area contributed by atoms with E-state index in [9.17, 15) is 4.79 Å². The number of hydrogen-bond donors (Lipinski definition) is 0. The Bertz CT molecular complexity index is 739. The van der Waals surface area contributed by atoms with E-state index in [0.29, 0.717) is 24.0 Å². The number of piperidine rings is 1. The number of carbonyl (C=O) groups excluding carboxylic acids is 1. The van der Waals surface area contributed by atoms with Gasteiger partial charge < -0.3 is 19.1 Å². The first kappa shape index (κ1) is 19.1. The van der Waals surface area contributed by atoms with Gasteiger partial charge in [-0.05, 0) is 55.5 Å². The molecule has 0 saturated carbocycles. The number of ether oxygens (including phenoxy) is 3. The third kappa shape index (κ3) is 5.39. The SMILES string of the molecule is COc1cc(C)ccc1OCC(=O)N1CCC(COc2ccccc2)CC1.